The quantitative estimate of drug-likeness (QED) is 0.623. The Morgan fingerprint density at radius 2 is 2.15 bits per heavy atom. The summed E-state index contributed by atoms with van der Waals surface area (Å²) in [4.78, 5) is 19.8. The molecule has 0 radical (unpaired) electrons. The van der Waals surface area contributed by atoms with Gasteiger partial charge in [-0.1, -0.05) is 24.3 Å². The molecule has 0 aliphatic carbocycles. The van der Waals surface area contributed by atoms with Crippen LogP contribution in [0.15, 0.2) is 48.5 Å². The Hall–Kier alpha value is -1.85. The van der Waals surface area contributed by atoms with Crippen molar-refractivity contribution in [2.24, 2.45) is 0 Å². The van der Waals surface area contributed by atoms with Crippen LogP contribution in [0.4, 0.5) is 0 Å². The molecule has 0 saturated carbocycles. The molecule has 1 amide bonds. The monoisotopic (exact) mass is 382 g/mol. The highest BCUT2D eigenvalue weighted by Crippen LogP contribution is 2.33. The van der Waals surface area contributed by atoms with Gasteiger partial charge in [-0.3, -0.25) is 4.79 Å². The third-order valence-electron chi connectivity index (χ3n) is 4.85. The first-order valence-electron chi connectivity index (χ1n) is 8.97. The van der Waals surface area contributed by atoms with Crippen molar-refractivity contribution in [3.63, 3.8) is 0 Å². The van der Waals surface area contributed by atoms with Crippen LogP contribution in [0.2, 0.25) is 0 Å². The smallest absolute Gasteiger partial charge is 0.253 e. The predicted octanol–water partition coefficient (Wildman–Crippen LogP) is 5.18. The summed E-state index contributed by atoms with van der Waals surface area (Å²) < 4.78 is 1.23. The van der Waals surface area contributed by atoms with E-state index in [4.69, 9.17) is 4.98 Å². The van der Waals surface area contributed by atoms with Crippen LogP contribution in [0.25, 0.3) is 10.2 Å². The molecule has 1 atom stereocenters. The van der Waals surface area contributed by atoms with Crippen molar-refractivity contribution in [3.8, 4) is 0 Å². The molecule has 1 aliphatic rings. The van der Waals surface area contributed by atoms with Gasteiger partial charge in [-0.2, -0.15) is 11.8 Å². The molecule has 0 unspecified atom stereocenters. The highest BCUT2D eigenvalue weighted by atomic mass is 32.2. The number of hydrogen-bond donors (Lipinski definition) is 0. The molecule has 3 aromatic rings. The molecule has 0 N–H and O–H groups in total. The minimum atomic E-state index is 0.152. The average molecular weight is 383 g/mol. The standard InChI is InChI=1S/C21H22N2OS2/c1-25-14-15-6-4-7-16(12-15)21(24)23-11-5-8-17(13-23)20-22-18-9-2-3-10-19(18)26-20/h2-4,6-7,9-10,12,17H,5,8,11,13-14H2,1H3/t17-/m0/s1. The summed E-state index contributed by atoms with van der Waals surface area (Å²) in [5.74, 6) is 1.44. The highest BCUT2D eigenvalue weighted by molar-refractivity contribution is 7.97. The van der Waals surface area contributed by atoms with E-state index < -0.39 is 0 Å². The van der Waals surface area contributed by atoms with Crippen LogP contribution < -0.4 is 0 Å². The Bertz CT molecular complexity index is 888. The Labute approximate surface area is 162 Å². The van der Waals surface area contributed by atoms with Gasteiger partial charge in [0.25, 0.3) is 5.91 Å². The minimum absolute atomic E-state index is 0.152. The maximum Gasteiger partial charge on any atom is 0.253 e. The lowest BCUT2D eigenvalue weighted by molar-refractivity contribution is 0.0707. The van der Waals surface area contributed by atoms with E-state index in [9.17, 15) is 4.79 Å². The number of fused-ring (bicyclic) bond motifs is 1. The lowest BCUT2D eigenvalue weighted by atomic mass is 9.98. The Morgan fingerprint density at radius 1 is 1.27 bits per heavy atom. The Kier molecular flexibility index (Phi) is 5.27. The molecule has 1 saturated heterocycles. The summed E-state index contributed by atoms with van der Waals surface area (Å²) in [5, 5.41) is 1.17. The van der Waals surface area contributed by atoms with Crippen molar-refractivity contribution in [1.82, 2.24) is 9.88 Å². The van der Waals surface area contributed by atoms with E-state index in [1.807, 2.05) is 29.2 Å². The number of amides is 1. The van der Waals surface area contributed by atoms with Gasteiger partial charge in [0.05, 0.1) is 15.2 Å². The van der Waals surface area contributed by atoms with Gasteiger partial charge in [0.2, 0.25) is 0 Å². The number of likely N-dealkylation sites (tertiary alicyclic amines) is 1. The van der Waals surface area contributed by atoms with Gasteiger partial charge in [0.15, 0.2) is 0 Å². The summed E-state index contributed by atoms with van der Waals surface area (Å²) in [5.41, 5.74) is 3.09. The zero-order valence-corrected chi connectivity index (χ0v) is 16.5. The van der Waals surface area contributed by atoms with Gasteiger partial charge >= 0.3 is 0 Å². The number of carbonyl (C=O) groups is 1. The van der Waals surface area contributed by atoms with Crippen LogP contribution in [0.3, 0.4) is 0 Å². The molecule has 1 aliphatic heterocycles. The molecule has 26 heavy (non-hydrogen) atoms. The fourth-order valence-corrected chi connectivity index (χ4v) is 5.18. The van der Waals surface area contributed by atoms with Crippen molar-refractivity contribution in [2.75, 3.05) is 19.3 Å². The number of para-hydroxylation sites is 1. The number of benzene rings is 2. The summed E-state index contributed by atoms with van der Waals surface area (Å²) in [7, 11) is 0. The molecule has 0 spiro atoms. The van der Waals surface area contributed by atoms with Gasteiger partial charge in [-0.05, 0) is 48.9 Å². The molecule has 134 valence electrons. The molecular formula is C21H22N2OS2. The molecular weight excluding hydrogens is 360 g/mol. The maximum absolute atomic E-state index is 13.0. The lowest BCUT2D eigenvalue weighted by Crippen LogP contribution is -2.39. The van der Waals surface area contributed by atoms with Crippen molar-refractivity contribution >= 4 is 39.2 Å². The summed E-state index contributed by atoms with van der Waals surface area (Å²) in [6.07, 6.45) is 4.23. The first kappa shape index (κ1) is 17.6. The van der Waals surface area contributed by atoms with E-state index in [2.05, 4.69) is 30.5 Å². The predicted molar refractivity (Wildman–Crippen MR) is 111 cm³/mol. The summed E-state index contributed by atoms with van der Waals surface area (Å²) in [6, 6.07) is 16.3. The number of piperidine rings is 1. The number of thiazole rings is 1. The minimum Gasteiger partial charge on any atom is -0.338 e. The van der Waals surface area contributed by atoms with E-state index in [0.29, 0.717) is 5.92 Å². The number of rotatable bonds is 4. The second kappa shape index (κ2) is 7.80. The molecule has 0 bridgehead atoms. The van der Waals surface area contributed by atoms with Crippen LogP contribution in [-0.4, -0.2) is 35.1 Å². The molecule has 2 aromatic carbocycles. The van der Waals surface area contributed by atoms with E-state index in [0.717, 1.165) is 42.8 Å². The fourth-order valence-electron chi connectivity index (χ4n) is 3.57. The van der Waals surface area contributed by atoms with E-state index in [1.54, 1.807) is 23.1 Å². The molecule has 4 rings (SSSR count). The van der Waals surface area contributed by atoms with Gasteiger partial charge in [0.1, 0.15) is 0 Å². The topological polar surface area (TPSA) is 33.2 Å². The van der Waals surface area contributed by atoms with E-state index >= 15 is 0 Å². The van der Waals surface area contributed by atoms with Gasteiger partial charge in [0, 0.05) is 30.3 Å². The highest BCUT2D eigenvalue weighted by Gasteiger charge is 2.27. The molecule has 1 fully saturated rings. The fraction of sp³-hybridized carbons (Fsp3) is 0.333. The van der Waals surface area contributed by atoms with Crippen LogP contribution in [0, 0.1) is 0 Å². The normalized spacial score (nSPS) is 17.6. The molecule has 5 heteroatoms. The summed E-state index contributed by atoms with van der Waals surface area (Å²) in [6.45, 7) is 1.61. The average Bonchev–Trinajstić information content (AvgIpc) is 3.12. The molecule has 1 aromatic heterocycles. The Balaban J connectivity index is 1.52. The van der Waals surface area contributed by atoms with Gasteiger partial charge in [-0.25, -0.2) is 4.98 Å². The maximum atomic E-state index is 13.0. The van der Waals surface area contributed by atoms with Crippen LogP contribution in [0.1, 0.15) is 39.7 Å². The third-order valence-corrected chi connectivity index (χ3v) is 6.67. The second-order valence-electron chi connectivity index (χ2n) is 6.74. The van der Waals surface area contributed by atoms with Crippen molar-refractivity contribution < 1.29 is 4.79 Å². The zero-order chi connectivity index (χ0) is 17.9. The van der Waals surface area contributed by atoms with E-state index in [-0.39, 0.29) is 5.91 Å². The number of aromatic nitrogens is 1. The second-order valence-corrected chi connectivity index (χ2v) is 8.67. The zero-order valence-electron chi connectivity index (χ0n) is 14.9. The molecule has 2 heterocycles. The van der Waals surface area contributed by atoms with Crippen LogP contribution in [-0.2, 0) is 5.75 Å². The number of thioether (sulfide) groups is 1. The largest absolute Gasteiger partial charge is 0.338 e. The van der Waals surface area contributed by atoms with Crippen molar-refractivity contribution in [1.29, 1.82) is 0 Å². The lowest BCUT2D eigenvalue weighted by Gasteiger charge is -2.32. The van der Waals surface area contributed by atoms with E-state index in [1.165, 1.54) is 15.3 Å². The van der Waals surface area contributed by atoms with Crippen molar-refractivity contribution in [3.05, 3.63) is 64.7 Å². The first-order chi connectivity index (χ1) is 12.7. The number of hydrogen-bond acceptors (Lipinski definition) is 4. The number of nitrogens with zero attached hydrogens (tertiary/aromatic N) is 2. The van der Waals surface area contributed by atoms with Crippen LogP contribution >= 0.6 is 23.1 Å². The van der Waals surface area contributed by atoms with Crippen molar-refractivity contribution in [2.45, 2.75) is 24.5 Å². The Morgan fingerprint density at radius 3 is 3.00 bits per heavy atom. The van der Waals surface area contributed by atoms with Gasteiger partial charge < -0.3 is 4.90 Å². The number of carbonyl (C=O) groups excluding carboxylic acids is 1. The van der Waals surface area contributed by atoms with Gasteiger partial charge in [-0.15, -0.1) is 11.3 Å². The summed E-state index contributed by atoms with van der Waals surface area (Å²) >= 11 is 3.55. The first-order valence-corrected chi connectivity index (χ1v) is 11.2. The molecule has 3 nitrogen and oxygen atoms in total. The SMILES string of the molecule is CSCc1cccc(C(=O)N2CCC[C@H](c3nc4ccccc4s3)C2)c1. The van der Waals surface area contributed by atoms with Crippen LogP contribution in [0.5, 0.6) is 0 Å². The third kappa shape index (κ3) is 3.64.